The van der Waals surface area contributed by atoms with Gasteiger partial charge in [-0.1, -0.05) is 18.2 Å². The molecule has 1 fully saturated rings. The highest BCUT2D eigenvalue weighted by atomic mass is 19.1. The molecule has 0 aliphatic carbocycles. The minimum Gasteiger partial charge on any atom is -0.339 e. The summed E-state index contributed by atoms with van der Waals surface area (Å²) in [7, 11) is 0. The first-order valence-corrected chi connectivity index (χ1v) is 8.98. The van der Waals surface area contributed by atoms with E-state index in [1.54, 1.807) is 30.6 Å². The number of carbonyl (C=O) groups is 1. The zero-order chi connectivity index (χ0) is 18.2. The van der Waals surface area contributed by atoms with Gasteiger partial charge in [0.05, 0.1) is 0 Å². The number of hydrogen-bond donors (Lipinski definition) is 1. The van der Waals surface area contributed by atoms with Gasteiger partial charge in [-0.25, -0.2) is 14.4 Å². The van der Waals surface area contributed by atoms with Crippen LogP contribution < -0.4 is 10.2 Å². The third kappa shape index (κ3) is 4.98. The van der Waals surface area contributed by atoms with E-state index in [1.165, 1.54) is 6.07 Å². The summed E-state index contributed by atoms with van der Waals surface area (Å²) in [6.45, 7) is 4.13. The molecule has 1 amide bonds. The fourth-order valence-electron chi connectivity index (χ4n) is 3.01. The van der Waals surface area contributed by atoms with E-state index in [9.17, 15) is 9.18 Å². The number of piperazine rings is 1. The normalized spacial score (nSPS) is 14.5. The highest BCUT2D eigenvalue weighted by Crippen LogP contribution is 2.10. The highest BCUT2D eigenvalue weighted by Gasteiger charge is 2.21. The van der Waals surface area contributed by atoms with Crippen LogP contribution in [0.3, 0.4) is 0 Å². The zero-order valence-electron chi connectivity index (χ0n) is 14.8. The fourth-order valence-corrected chi connectivity index (χ4v) is 3.01. The van der Waals surface area contributed by atoms with Crippen LogP contribution in [-0.4, -0.2) is 60.0 Å². The van der Waals surface area contributed by atoms with Gasteiger partial charge in [-0.15, -0.1) is 0 Å². The number of anilines is 1. The molecule has 138 valence electrons. The molecule has 6 nitrogen and oxygen atoms in total. The Morgan fingerprint density at radius 3 is 2.50 bits per heavy atom. The summed E-state index contributed by atoms with van der Waals surface area (Å²) in [4.78, 5) is 24.8. The van der Waals surface area contributed by atoms with Crippen LogP contribution in [0.25, 0.3) is 0 Å². The standard InChI is InChI=1S/C19H24FN5O/c20-17-5-2-1-4-16(17)6-10-21-11-7-18(26)24-12-14-25(15-13-24)19-22-8-3-9-23-19/h1-5,8-9,21H,6-7,10-15H2. The predicted molar refractivity (Wildman–Crippen MR) is 98.4 cm³/mol. The number of nitrogens with one attached hydrogen (secondary N) is 1. The number of amides is 1. The van der Waals surface area contributed by atoms with Gasteiger partial charge in [0, 0.05) is 51.5 Å². The van der Waals surface area contributed by atoms with Gasteiger partial charge in [0.2, 0.25) is 11.9 Å². The molecule has 0 radical (unpaired) electrons. The third-order valence-electron chi connectivity index (χ3n) is 4.51. The lowest BCUT2D eigenvalue weighted by Gasteiger charge is -2.34. The first kappa shape index (κ1) is 18.3. The number of benzene rings is 1. The van der Waals surface area contributed by atoms with Crippen molar-refractivity contribution < 1.29 is 9.18 Å². The number of halogens is 1. The van der Waals surface area contributed by atoms with E-state index in [2.05, 4.69) is 20.2 Å². The van der Waals surface area contributed by atoms with E-state index in [-0.39, 0.29) is 11.7 Å². The molecule has 2 aromatic rings. The largest absolute Gasteiger partial charge is 0.339 e. The Bertz CT molecular complexity index is 704. The fraction of sp³-hybridized carbons (Fsp3) is 0.421. The summed E-state index contributed by atoms with van der Waals surface area (Å²) in [5.74, 6) is 0.692. The Balaban J connectivity index is 1.33. The van der Waals surface area contributed by atoms with Gasteiger partial charge in [0.15, 0.2) is 0 Å². The molecule has 1 saturated heterocycles. The molecule has 1 aromatic heterocycles. The van der Waals surface area contributed by atoms with Gasteiger partial charge in [-0.3, -0.25) is 4.79 Å². The number of hydrogen-bond acceptors (Lipinski definition) is 5. The van der Waals surface area contributed by atoms with Crippen LogP contribution in [0.15, 0.2) is 42.7 Å². The van der Waals surface area contributed by atoms with Crippen molar-refractivity contribution >= 4 is 11.9 Å². The SMILES string of the molecule is O=C(CCNCCc1ccccc1F)N1CCN(c2ncccn2)CC1. The van der Waals surface area contributed by atoms with E-state index in [0.717, 1.165) is 19.0 Å². The van der Waals surface area contributed by atoms with Crippen molar-refractivity contribution in [3.63, 3.8) is 0 Å². The van der Waals surface area contributed by atoms with Crippen molar-refractivity contribution in [2.24, 2.45) is 0 Å². The molecule has 0 atom stereocenters. The van der Waals surface area contributed by atoms with Crippen LogP contribution >= 0.6 is 0 Å². The average Bonchev–Trinajstić information content (AvgIpc) is 2.70. The van der Waals surface area contributed by atoms with E-state index in [1.807, 2.05) is 11.0 Å². The molecule has 1 N–H and O–H groups in total. The third-order valence-corrected chi connectivity index (χ3v) is 4.51. The average molecular weight is 357 g/mol. The van der Waals surface area contributed by atoms with Gasteiger partial charge in [0.25, 0.3) is 0 Å². The maximum Gasteiger partial charge on any atom is 0.225 e. The molecular formula is C19H24FN5O. The summed E-state index contributed by atoms with van der Waals surface area (Å²) < 4.78 is 13.5. The molecule has 0 spiro atoms. The zero-order valence-corrected chi connectivity index (χ0v) is 14.8. The quantitative estimate of drug-likeness (QED) is 0.761. The van der Waals surface area contributed by atoms with Gasteiger partial charge < -0.3 is 15.1 Å². The highest BCUT2D eigenvalue weighted by molar-refractivity contribution is 5.76. The van der Waals surface area contributed by atoms with Crippen molar-refractivity contribution in [3.8, 4) is 0 Å². The first-order valence-electron chi connectivity index (χ1n) is 8.98. The Labute approximate surface area is 153 Å². The molecule has 2 heterocycles. The number of aromatic nitrogens is 2. The molecule has 3 rings (SSSR count). The molecule has 0 saturated carbocycles. The minimum atomic E-state index is -0.175. The van der Waals surface area contributed by atoms with Crippen molar-refractivity contribution in [2.45, 2.75) is 12.8 Å². The topological polar surface area (TPSA) is 61.4 Å². The van der Waals surface area contributed by atoms with Crippen molar-refractivity contribution in [1.29, 1.82) is 0 Å². The summed E-state index contributed by atoms with van der Waals surface area (Å²) in [5, 5.41) is 3.22. The Kier molecular flexibility index (Phi) is 6.49. The molecule has 0 bridgehead atoms. The van der Waals surface area contributed by atoms with Crippen LogP contribution in [0.4, 0.5) is 10.3 Å². The monoisotopic (exact) mass is 357 g/mol. The molecule has 0 unspecified atom stereocenters. The predicted octanol–water partition coefficient (Wildman–Crippen LogP) is 1.49. The van der Waals surface area contributed by atoms with Crippen molar-refractivity contribution in [1.82, 2.24) is 20.2 Å². The van der Waals surface area contributed by atoms with E-state index in [0.29, 0.717) is 44.6 Å². The van der Waals surface area contributed by atoms with Gasteiger partial charge in [-0.05, 0) is 30.7 Å². The molecule has 26 heavy (non-hydrogen) atoms. The summed E-state index contributed by atoms with van der Waals surface area (Å²) in [5.41, 5.74) is 0.700. The summed E-state index contributed by atoms with van der Waals surface area (Å²) in [6.07, 6.45) is 4.54. The molecule has 1 aromatic carbocycles. The van der Waals surface area contributed by atoms with Crippen LogP contribution in [0, 0.1) is 5.82 Å². The number of carbonyl (C=O) groups excluding carboxylic acids is 1. The minimum absolute atomic E-state index is 0.150. The molecule has 7 heteroatoms. The van der Waals surface area contributed by atoms with Crippen molar-refractivity contribution in [2.75, 3.05) is 44.2 Å². The van der Waals surface area contributed by atoms with Gasteiger partial charge >= 0.3 is 0 Å². The second-order valence-electron chi connectivity index (χ2n) is 6.26. The maximum absolute atomic E-state index is 13.5. The number of nitrogens with zero attached hydrogens (tertiary/aromatic N) is 4. The van der Waals surface area contributed by atoms with E-state index < -0.39 is 0 Å². The maximum atomic E-state index is 13.5. The Hall–Kier alpha value is -2.54. The summed E-state index contributed by atoms with van der Waals surface area (Å²) in [6, 6.07) is 8.58. The van der Waals surface area contributed by atoms with Gasteiger partial charge in [-0.2, -0.15) is 0 Å². The van der Waals surface area contributed by atoms with Crippen LogP contribution in [0.5, 0.6) is 0 Å². The lowest BCUT2D eigenvalue weighted by Crippen LogP contribution is -2.49. The number of rotatable bonds is 7. The van der Waals surface area contributed by atoms with Crippen molar-refractivity contribution in [3.05, 3.63) is 54.1 Å². The van der Waals surface area contributed by atoms with E-state index >= 15 is 0 Å². The van der Waals surface area contributed by atoms with E-state index in [4.69, 9.17) is 0 Å². The Morgan fingerprint density at radius 2 is 1.77 bits per heavy atom. The second kappa shape index (κ2) is 9.24. The molecular weight excluding hydrogens is 333 g/mol. The Morgan fingerprint density at radius 1 is 1.04 bits per heavy atom. The van der Waals surface area contributed by atoms with Gasteiger partial charge in [0.1, 0.15) is 5.82 Å². The lowest BCUT2D eigenvalue weighted by molar-refractivity contribution is -0.131. The van der Waals surface area contributed by atoms with Crippen LogP contribution in [-0.2, 0) is 11.2 Å². The lowest BCUT2D eigenvalue weighted by atomic mass is 10.1. The van der Waals surface area contributed by atoms with Crippen LogP contribution in [0.1, 0.15) is 12.0 Å². The smallest absolute Gasteiger partial charge is 0.225 e. The second-order valence-corrected chi connectivity index (χ2v) is 6.26. The van der Waals surface area contributed by atoms with Crippen LogP contribution in [0.2, 0.25) is 0 Å². The molecule has 1 aliphatic heterocycles. The summed E-state index contributed by atoms with van der Waals surface area (Å²) >= 11 is 0. The first-order chi connectivity index (χ1) is 12.7. The molecule has 1 aliphatic rings.